The number of thiophene rings is 1. The summed E-state index contributed by atoms with van der Waals surface area (Å²) < 4.78 is 10.9. The maximum Gasteiger partial charge on any atom is 0.341 e. The van der Waals surface area contributed by atoms with Crippen molar-refractivity contribution in [2.75, 3.05) is 18.5 Å². The number of fused-ring (bicyclic) bond motifs is 1. The van der Waals surface area contributed by atoms with Crippen LogP contribution in [0.3, 0.4) is 0 Å². The van der Waals surface area contributed by atoms with Gasteiger partial charge in [0, 0.05) is 4.88 Å². The van der Waals surface area contributed by atoms with Gasteiger partial charge in [0.15, 0.2) is 6.61 Å². The summed E-state index contributed by atoms with van der Waals surface area (Å²) in [4.78, 5) is 26.1. The van der Waals surface area contributed by atoms with Crippen LogP contribution in [0.15, 0.2) is 24.3 Å². The predicted molar refractivity (Wildman–Crippen MR) is 107 cm³/mol. The van der Waals surface area contributed by atoms with Crippen molar-refractivity contribution in [3.63, 3.8) is 0 Å². The van der Waals surface area contributed by atoms with Crippen LogP contribution in [0.4, 0.5) is 5.00 Å². The molecule has 5 nitrogen and oxygen atoms in total. The summed E-state index contributed by atoms with van der Waals surface area (Å²) >= 11 is 1.49. The van der Waals surface area contributed by atoms with Crippen LogP contribution in [0.1, 0.15) is 52.5 Å². The molecule has 27 heavy (non-hydrogen) atoms. The molecule has 1 aromatic heterocycles. The number of aryl methyl sites for hydroxylation is 2. The molecule has 144 valence electrons. The van der Waals surface area contributed by atoms with Crippen LogP contribution >= 0.6 is 11.3 Å². The SMILES string of the molecule is CCOC(=O)c1c(NC(=O)COc2ccccc2C)sc2c1CCCCC2. The molecule has 0 bridgehead atoms. The maximum absolute atomic E-state index is 12.5. The fourth-order valence-electron chi connectivity index (χ4n) is 3.27. The molecule has 0 saturated carbocycles. The van der Waals surface area contributed by atoms with Gasteiger partial charge >= 0.3 is 5.97 Å². The number of rotatable bonds is 6. The highest BCUT2D eigenvalue weighted by Crippen LogP contribution is 2.38. The predicted octanol–water partition coefficient (Wildman–Crippen LogP) is 4.52. The zero-order valence-electron chi connectivity index (χ0n) is 15.8. The Morgan fingerprint density at radius 2 is 1.93 bits per heavy atom. The number of nitrogens with one attached hydrogen (secondary N) is 1. The van der Waals surface area contributed by atoms with E-state index in [2.05, 4.69) is 5.32 Å². The van der Waals surface area contributed by atoms with Crippen molar-refractivity contribution in [2.45, 2.75) is 46.0 Å². The molecule has 0 saturated heterocycles. The molecule has 1 aliphatic carbocycles. The molecule has 0 unspecified atom stereocenters. The number of esters is 1. The van der Waals surface area contributed by atoms with Gasteiger partial charge in [0.05, 0.1) is 12.2 Å². The van der Waals surface area contributed by atoms with Gasteiger partial charge in [-0.3, -0.25) is 4.79 Å². The first-order valence-electron chi connectivity index (χ1n) is 9.40. The monoisotopic (exact) mass is 387 g/mol. The van der Waals surface area contributed by atoms with E-state index in [4.69, 9.17) is 9.47 Å². The quantitative estimate of drug-likeness (QED) is 0.585. The number of anilines is 1. The van der Waals surface area contributed by atoms with Crippen LogP contribution in [0, 0.1) is 6.92 Å². The van der Waals surface area contributed by atoms with Gasteiger partial charge in [-0.1, -0.05) is 24.6 Å². The molecule has 0 aliphatic heterocycles. The van der Waals surface area contributed by atoms with E-state index in [1.807, 2.05) is 31.2 Å². The van der Waals surface area contributed by atoms with E-state index >= 15 is 0 Å². The Morgan fingerprint density at radius 3 is 2.70 bits per heavy atom. The van der Waals surface area contributed by atoms with E-state index in [9.17, 15) is 9.59 Å². The van der Waals surface area contributed by atoms with Gasteiger partial charge in [-0.25, -0.2) is 4.79 Å². The van der Waals surface area contributed by atoms with Crippen LogP contribution in [0.25, 0.3) is 0 Å². The summed E-state index contributed by atoms with van der Waals surface area (Å²) in [6.45, 7) is 3.93. The summed E-state index contributed by atoms with van der Waals surface area (Å²) in [5, 5.41) is 3.45. The van der Waals surface area contributed by atoms with E-state index in [1.165, 1.54) is 16.2 Å². The number of carbonyl (C=O) groups is 2. The van der Waals surface area contributed by atoms with Gasteiger partial charge in [0.2, 0.25) is 0 Å². The maximum atomic E-state index is 12.5. The van der Waals surface area contributed by atoms with Gasteiger partial charge in [-0.2, -0.15) is 0 Å². The second kappa shape index (κ2) is 9.04. The average Bonchev–Trinajstić information content (AvgIpc) is 2.82. The molecule has 0 fully saturated rings. The smallest absolute Gasteiger partial charge is 0.341 e. The van der Waals surface area contributed by atoms with Crippen LogP contribution < -0.4 is 10.1 Å². The Kier molecular flexibility index (Phi) is 6.50. The molecular formula is C21H25NO4S. The van der Waals surface area contributed by atoms with Crippen molar-refractivity contribution in [1.82, 2.24) is 0 Å². The van der Waals surface area contributed by atoms with Crippen molar-refractivity contribution < 1.29 is 19.1 Å². The molecule has 0 radical (unpaired) electrons. The highest BCUT2D eigenvalue weighted by molar-refractivity contribution is 7.17. The van der Waals surface area contributed by atoms with Gasteiger partial charge in [0.1, 0.15) is 10.8 Å². The fraction of sp³-hybridized carbons (Fsp3) is 0.429. The Morgan fingerprint density at radius 1 is 1.15 bits per heavy atom. The van der Waals surface area contributed by atoms with E-state index in [0.717, 1.165) is 43.2 Å². The molecule has 2 aromatic rings. The van der Waals surface area contributed by atoms with Crippen molar-refractivity contribution in [2.24, 2.45) is 0 Å². The number of amides is 1. The van der Waals surface area contributed by atoms with Crippen molar-refractivity contribution in [3.05, 3.63) is 45.8 Å². The number of hydrogen-bond donors (Lipinski definition) is 1. The fourth-order valence-corrected chi connectivity index (χ4v) is 4.57. The Balaban J connectivity index is 1.76. The highest BCUT2D eigenvalue weighted by Gasteiger charge is 2.26. The zero-order valence-corrected chi connectivity index (χ0v) is 16.6. The summed E-state index contributed by atoms with van der Waals surface area (Å²) in [5.74, 6) is 0.0486. The lowest BCUT2D eigenvalue weighted by Gasteiger charge is -2.10. The molecular weight excluding hydrogens is 362 g/mol. The molecule has 1 amide bonds. The second-order valence-electron chi connectivity index (χ2n) is 6.59. The highest BCUT2D eigenvalue weighted by atomic mass is 32.1. The van der Waals surface area contributed by atoms with Gasteiger partial charge in [-0.15, -0.1) is 11.3 Å². The molecule has 1 heterocycles. The average molecular weight is 388 g/mol. The molecule has 6 heteroatoms. The molecule has 0 atom stereocenters. The number of carbonyl (C=O) groups excluding carboxylic acids is 2. The Bertz CT molecular complexity index is 828. The third kappa shape index (κ3) is 4.69. The minimum Gasteiger partial charge on any atom is -0.483 e. The van der Waals surface area contributed by atoms with E-state index in [0.29, 0.717) is 22.9 Å². The van der Waals surface area contributed by atoms with Crippen LogP contribution in [0.5, 0.6) is 5.75 Å². The van der Waals surface area contributed by atoms with Crippen LogP contribution in [0.2, 0.25) is 0 Å². The third-order valence-electron chi connectivity index (χ3n) is 4.61. The topological polar surface area (TPSA) is 64.6 Å². The molecule has 1 N–H and O–H groups in total. The lowest BCUT2D eigenvalue weighted by Crippen LogP contribution is -2.21. The van der Waals surface area contributed by atoms with Crippen molar-refractivity contribution >= 4 is 28.2 Å². The molecule has 1 aromatic carbocycles. The summed E-state index contributed by atoms with van der Waals surface area (Å²) in [5.41, 5.74) is 2.55. The van der Waals surface area contributed by atoms with Gasteiger partial charge in [-0.05, 0) is 56.7 Å². The minimum atomic E-state index is -0.355. The Hall–Kier alpha value is -2.34. The lowest BCUT2D eigenvalue weighted by atomic mass is 10.1. The number of ether oxygens (including phenoxy) is 2. The lowest BCUT2D eigenvalue weighted by molar-refractivity contribution is -0.118. The molecule has 0 spiro atoms. The summed E-state index contributed by atoms with van der Waals surface area (Å²) in [6.07, 6.45) is 5.13. The largest absolute Gasteiger partial charge is 0.483 e. The first kappa shape index (κ1) is 19.4. The summed E-state index contributed by atoms with van der Waals surface area (Å²) in [7, 11) is 0. The van der Waals surface area contributed by atoms with E-state index in [1.54, 1.807) is 6.92 Å². The second-order valence-corrected chi connectivity index (χ2v) is 7.70. The Labute approximate surface area is 163 Å². The van der Waals surface area contributed by atoms with Crippen LogP contribution in [-0.4, -0.2) is 25.1 Å². The minimum absolute atomic E-state index is 0.102. The van der Waals surface area contributed by atoms with Crippen molar-refractivity contribution in [3.8, 4) is 5.75 Å². The molecule has 1 aliphatic rings. The number of hydrogen-bond acceptors (Lipinski definition) is 5. The third-order valence-corrected chi connectivity index (χ3v) is 5.81. The van der Waals surface area contributed by atoms with E-state index in [-0.39, 0.29) is 18.5 Å². The first-order valence-corrected chi connectivity index (χ1v) is 10.2. The van der Waals surface area contributed by atoms with Gasteiger partial charge in [0.25, 0.3) is 5.91 Å². The number of benzene rings is 1. The van der Waals surface area contributed by atoms with Crippen LogP contribution in [-0.2, 0) is 22.4 Å². The number of para-hydroxylation sites is 1. The van der Waals surface area contributed by atoms with E-state index < -0.39 is 0 Å². The normalized spacial score (nSPS) is 13.4. The first-order chi connectivity index (χ1) is 13.1. The standard InChI is InChI=1S/C21H25NO4S/c1-3-25-21(24)19-15-10-5-4-6-12-17(15)27-20(19)22-18(23)13-26-16-11-8-7-9-14(16)2/h7-9,11H,3-6,10,12-13H2,1-2H3,(H,22,23). The zero-order chi connectivity index (χ0) is 19.2. The molecule has 3 rings (SSSR count). The summed E-state index contributed by atoms with van der Waals surface area (Å²) in [6, 6.07) is 7.56. The van der Waals surface area contributed by atoms with Gasteiger partial charge < -0.3 is 14.8 Å². The van der Waals surface area contributed by atoms with Crippen molar-refractivity contribution in [1.29, 1.82) is 0 Å².